The fourth-order valence-corrected chi connectivity index (χ4v) is 6.52. The summed E-state index contributed by atoms with van der Waals surface area (Å²) in [4.78, 5) is 19.9. The average molecular weight is 524 g/mol. The Kier molecular flexibility index (Phi) is 7.68. The number of likely N-dealkylation sites (tertiary alicyclic amines) is 1. The molecule has 2 fully saturated rings. The molecule has 0 atom stereocenters. The molecule has 0 aliphatic carbocycles. The molecular weight excluding hydrogens is 490 g/mol. The van der Waals surface area contributed by atoms with Crippen LogP contribution in [0, 0.1) is 12.8 Å². The Labute approximate surface area is 217 Å². The van der Waals surface area contributed by atoms with Gasteiger partial charge in [-0.3, -0.25) is 9.69 Å². The highest BCUT2D eigenvalue weighted by Gasteiger charge is 2.28. The van der Waals surface area contributed by atoms with Crippen molar-refractivity contribution in [2.45, 2.75) is 50.5 Å². The first kappa shape index (κ1) is 25.6. The lowest BCUT2D eigenvalue weighted by atomic mass is 9.96. The fourth-order valence-electron chi connectivity index (χ4n) is 5.01. The molecule has 1 amide bonds. The maximum atomic E-state index is 12.9. The summed E-state index contributed by atoms with van der Waals surface area (Å²) < 4.78 is 32.7. The number of carbonyl (C=O) groups excluding carboxylic acids is 1. The lowest BCUT2D eigenvalue weighted by molar-refractivity contribution is -0.121. The predicted molar refractivity (Wildman–Crippen MR) is 140 cm³/mol. The summed E-state index contributed by atoms with van der Waals surface area (Å²) in [6.07, 6.45) is 4.32. The van der Waals surface area contributed by atoms with Gasteiger partial charge in [0.2, 0.25) is 27.6 Å². The van der Waals surface area contributed by atoms with Gasteiger partial charge in [-0.1, -0.05) is 35.8 Å². The van der Waals surface area contributed by atoms with E-state index in [1.807, 2.05) is 31.2 Å². The minimum atomic E-state index is -3.48. The molecule has 3 aromatic rings. The Morgan fingerprint density at radius 1 is 1.00 bits per heavy atom. The van der Waals surface area contributed by atoms with Gasteiger partial charge >= 0.3 is 0 Å². The van der Waals surface area contributed by atoms with Gasteiger partial charge in [-0.05, 0) is 75.5 Å². The Hall–Kier alpha value is -3.08. The van der Waals surface area contributed by atoms with E-state index in [4.69, 9.17) is 4.52 Å². The Morgan fingerprint density at radius 2 is 1.70 bits per heavy atom. The molecule has 0 unspecified atom stereocenters. The highest BCUT2D eigenvalue weighted by molar-refractivity contribution is 7.89. The minimum Gasteiger partial charge on any atom is -0.338 e. The maximum Gasteiger partial charge on any atom is 0.243 e. The van der Waals surface area contributed by atoms with E-state index >= 15 is 0 Å². The first-order valence-corrected chi connectivity index (χ1v) is 14.4. The van der Waals surface area contributed by atoms with E-state index in [9.17, 15) is 13.2 Å². The quantitative estimate of drug-likeness (QED) is 0.497. The standard InChI is InChI=1S/C27H33N5O4S/c1-20-7-3-4-8-24(20)26-29-25(36-30-26)19-31-17-13-21(14-18-31)27(33)28-22-9-11-23(12-10-22)37(34,35)32-15-5-2-6-16-32/h3-4,7-12,21H,2,5-6,13-19H2,1H3,(H,28,33). The van der Waals surface area contributed by atoms with Crippen LogP contribution in [0.5, 0.6) is 0 Å². The number of amides is 1. The number of nitrogens with zero attached hydrogens (tertiary/aromatic N) is 4. The van der Waals surface area contributed by atoms with E-state index < -0.39 is 10.0 Å². The topological polar surface area (TPSA) is 109 Å². The number of hydrogen-bond donors (Lipinski definition) is 1. The Bertz CT molecular complexity index is 1320. The summed E-state index contributed by atoms with van der Waals surface area (Å²) in [6, 6.07) is 14.4. The maximum absolute atomic E-state index is 12.9. The van der Waals surface area contributed by atoms with Crippen LogP contribution in [0.3, 0.4) is 0 Å². The van der Waals surface area contributed by atoms with Gasteiger partial charge in [-0.15, -0.1) is 0 Å². The number of sulfonamides is 1. The third-order valence-electron chi connectivity index (χ3n) is 7.25. The number of piperidine rings is 2. The normalized spacial score (nSPS) is 18.1. The summed E-state index contributed by atoms with van der Waals surface area (Å²) in [5.41, 5.74) is 2.67. The zero-order valence-corrected chi connectivity index (χ0v) is 21.9. The number of rotatable bonds is 7. The summed E-state index contributed by atoms with van der Waals surface area (Å²) in [6.45, 7) is 5.23. The monoisotopic (exact) mass is 523 g/mol. The second-order valence-corrected chi connectivity index (χ2v) is 11.8. The van der Waals surface area contributed by atoms with Gasteiger partial charge in [0.05, 0.1) is 11.4 Å². The molecule has 37 heavy (non-hydrogen) atoms. The minimum absolute atomic E-state index is 0.0362. The third-order valence-corrected chi connectivity index (χ3v) is 9.16. The molecule has 3 heterocycles. The molecule has 2 aromatic carbocycles. The molecule has 196 valence electrons. The van der Waals surface area contributed by atoms with Crippen molar-refractivity contribution in [3.63, 3.8) is 0 Å². The number of carbonyl (C=O) groups is 1. The zero-order valence-electron chi connectivity index (χ0n) is 21.1. The van der Waals surface area contributed by atoms with E-state index in [0.29, 0.717) is 37.0 Å². The molecule has 1 N–H and O–H groups in total. The molecule has 9 nitrogen and oxygen atoms in total. The number of hydrogen-bond acceptors (Lipinski definition) is 7. The molecule has 0 bridgehead atoms. The molecule has 2 aliphatic heterocycles. The first-order chi connectivity index (χ1) is 17.9. The largest absolute Gasteiger partial charge is 0.338 e. The summed E-state index contributed by atoms with van der Waals surface area (Å²) in [5.74, 6) is 1.03. The SMILES string of the molecule is Cc1ccccc1-c1noc(CN2CCC(C(=O)Nc3ccc(S(=O)(=O)N4CCCCC4)cc3)CC2)n1. The van der Waals surface area contributed by atoms with Crippen LogP contribution in [0.4, 0.5) is 5.69 Å². The molecule has 0 saturated carbocycles. The lowest BCUT2D eigenvalue weighted by Crippen LogP contribution is -2.37. The van der Waals surface area contributed by atoms with Crippen molar-refractivity contribution in [2.75, 3.05) is 31.5 Å². The molecule has 2 saturated heterocycles. The van der Waals surface area contributed by atoms with Crippen LogP contribution in [-0.2, 0) is 21.4 Å². The Morgan fingerprint density at radius 3 is 2.41 bits per heavy atom. The van der Waals surface area contributed by atoms with Gasteiger partial charge in [0.25, 0.3) is 0 Å². The van der Waals surface area contributed by atoms with Crippen LogP contribution in [0.1, 0.15) is 43.6 Å². The molecular formula is C27H33N5O4S. The van der Waals surface area contributed by atoms with Crippen molar-refractivity contribution in [3.8, 4) is 11.4 Å². The number of benzene rings is 2. The Balaban J connectivity index is 1.11. The second-order valence-electron chi connectivity index (χ2n) is 9.86. The van der Waals surface area contributed by atoms with Crippen LogP contribution in [0.2, 0.25) is 0 Å². The summed E-state index contributed by atoms with van der Waals surface area (Å²) >= 11 is 0. The first-order valence-electron chi connectivity index (χ1n) is 12.9. The van der Waals surface area contributed by atoms with Crippen LogP contribution < -0.4 is 5.32 Å². The van der Waals surface area contributed by atoms with Gasteiger partial charge in [0.15, 0.2) is 0 Å². The molecule has 10 heteroatoms. The predicted octanol–water partition coefficient (Wildman–Crippen LogP) is 4.07. The second kappa shape index (κ2) is 11.1. The van der Waals surface area contributed by atoms with Crippen molar-refractivity contribution in [2.24, 2.45) is 5.92 Å². The van der Waals surface area contributed by atoms with Gasteiger partial charge in [0, 0.05) is 30.3 Å². The average Bonchev–Trinajstić information content (AvgIpc) is 3.38. The fraction of sp³-hybridized carbons (Fsp3) is 0.444. The van der Waals surface area contributed by atoms with Crippen molar-refractivity contribution < 1.29 is 17.7 Å². The zero-order chi connectivity index (χ0) is 25.8. The number of nitrogens with one attached hydrogen (secondary N) is 1. The van der Waals surface area contributed by atoms with E-state index in [0.717, 1.165) is 56.3 Å². The van der Waals surface area contributed by atoms with Gasteiger partial charge in [0.1, 0.15) is 0 Å². The van der Waals surface area contributed by atoms with Gasteiger partial charge < -0.3 is 9.84 Å². The summed E-state index contributed by atoms with van der Waals surface area (Å²) in [7, 11) is -3.48. The summed E-state index contributed by atoms with van der Waals surface area (Å²) in [5, 5.41) is 7.09. The van der Waals surface area contributed by atoms with Crippen LogP contribution in [-0.4, -0.2) is 59.8 Å². The molecule has 1 aromatic heterocycles. The van der Waals surface area contributed by atoms with Crippen molar-refractivity contribution in [1.29, 1.82) is 0 Å². The van der Waals surface area contributed by atoms with E-state index in [1.54, 1.807) is 28.6 Å². The van der Waals surface area contributed by atoms with Crippen molar-refractivity contribution >= 4 is 21.6 Å². The molecule has 0 radical (unpaired) electrons. The number of aromatic nitrogens is 2. The van der Waals surface area contributed by atoms with E-state index in [2.05, 4.69) is 20.4 Å². The van der Waals surface area contributed by atoms with E-state index in [1.165, 1.54) is 0 Å². The van der Waals surface area contributed by atoms with Crippen molar-refractivity contribution in [1.82, 2.24) is 19.3 Å². The van der Waals surface area contributed by atoms with Crippen LogP contribution >= 0.6 is 0 Å². The van der Waals surface area contributed by atoms with Crippen LogP contribution in [0.15, 0.2) is 57.9 Å². The third kappa shape index (κ3) is 5.92. The number of anilines is 1. The van der Waals surface area contributed by atoms with Crippen LogP contribution in [0.25, 0.3) is 11.4 Å². The lowest BCUT2D eigenvalue weighted by Gasteiger charge is -2.30. The molecule has 0 spiro atoms. The van der Waals surface area contributed by atoms with Crippen molar-refractivity contribution in [3.05, 3.63) is 60.0 Å². The molecule has 2 aliphatic rings. The highest BCUT2D eigenvalue weighted by atomic mass is 32.2. The number of aryl methyl sites for hydroxylation is 1. The van der Waals surface area contributed by atoms with Gasteiger partial charge in [-0.25, -0.2) is 8.42 Å². The van der Waals surface area contributed by atoms with Gasteiger partial charge in [-0.2, -0.15) is 9.29 Å². The van der Waals surface area contributed by atoms with E-state index in [-0.39, 0.29) is 16.7 Å². The molecule has 5 rings (SSSR count). The smallest absolute Gasteiger partial charge is 0.243 e. The highest BCUT2D eigenvalue weighted by Crippen LogP contribution is 2.25.